The number of piperidine rings is 1. The van der Waals surface area contributed by atoms with Crippen LogP contribution in [0.5, 0.6) is 0 Å². The lowest BCUT2D eigenvalue weighted by Gasteiger charge is -2.30. The van der Waals surface area contributed by atoms with Crippen LogP contribution in [-0.2, 0) is 0 Å². The van der Waals surface area contributed by atoms with Gasteiger partial charge in [-0.05, 0) is 36.3 Å². The van der Waals surface area contributed by atoms with E-state index < -0.39 is 0 Å². The van der Waals surface area contributed by atoms with Gasteiger partial charge in [-0.3, -0.25) is 4.79 Å². The molecule has 3 rings (SSSR count). The molecule has 1 atom stereocenters. The molecule has 4 heteroatoms. The monoisotopic (exact) mass is 291 g/mol. The first-order chi connectivity index (χ1) is 9.24. The molecule has 2 aromatic heterocycles. The van der Waals surface area contributed by atoms with E-state index >= 15 is 0 Å². The normalized spacial score (nSPS) is 19.6. The Morgan fingerprint density at radius 1 is 1.42 bits per heavy atom. The molecule has 1 amide bonds. The Hall–Kier alpha value is -1.13. The zero-order valence-electron chi connectivity index (χ0n) is 11.0. The molecule has 1 aliphatic rings. The minimum Gasteiger partial charge on any atom is -0.338 e. The van der Waals surface area contributed by atoms with Gasteiger partial charge in [-0.25, -0.2) is 0 Å². The van der Waals surface area contributed by atoms with Gasteiger partial charge in [-0.2, -0.15) is 0 Å². The van der Waals surface area contributed by atoms with Crippen molar-refractivity contribution in [3.63, 3.8) is 0 Å². The molecule has 0 aromatic carbocycles. The molecule has 0 N–H and O–H groups in total. The maximum atomic E-state index is 12.5. The SMILES string of the molecule is C[C@@H]1CCCN(C(=O)c2cc(-c3cccs3)cs2)C1. The van der Waals surface area contributed by atoms with E-state index in [0.29, 0.717) is 5.92 Å². The molecule has 0 spiro atoms. The number of nitrogens with zero attached hydrogens (tertiary/aromatic N) is 1. The second-order valence-corrected chi connectivity index (χ2v) is 7.03. The lowest BCUT2D eigenvalue weighted by Crippen LogP contribution is -2.38. The standard InChI is InChI=1S/C15H17NOS2/c1-11-4-2-6-16(9-11)15(17)14-8-12(10-19-14)13-5-3-7-18-13/h3,5,7-8,10-11H,2,4,6,9H2,1H3/t11-/m1/s1. The van der Waals surface area contributed by atoms with Crippen LogP contribution in [0.2, 0.25) is 0 Å². The van der Waals surface area contributed by atoms with Crippen molar-refractivity contribution in [3.8, 4) is 10.4 Å². The summed E-state index contributed by atoms with van der Waals surface area (Å²) >= 11 is 3.29. The highest BCUT2D eigenvalue weighted by Crippen LogP contribution is 2.30. The molecule has 0 aliphatic carbocycles. The summed E-state index contributed by atoms with van der Waals surface area (Å²) in [5.74, 6) is 0.841. The first kappa shape index (κ1) is 12.9. The maximum Gasteiger partial charge on any atom is 0.263 e. The van der Waals surface area contributed by atoms with Gasteiger partial charge < -0.3 is 4.90 Å². The molecule has 3 heterocycles. The fourth-order valence-electron chi connectivity index (χ4n) is 2.55. The highest BCUT2D eigenvalue weighted by molar-refractivity contribution is 7.15. The zero-order chi connectivity index (χ0) is 13.2. The summed E-state index contributed by atoms with van der Waals surface area (Å²) in [6.45, 7) is 4.05. The number of rotatable bonds is 2. The number of thiophene rings is 2. The van der Waals surface area contributed by atoms with Crippen LogP contribution in [0.4, 0.5) is 0 Å². The molecule has 2 aromatic rings. The number of hydrogen-bond donors (Lipinski definition) is 0. The Balaban J connectivity index is 1.77. The number of carbonyl (C=O) groups excluding carboxylic acids is 1. The van der Waals surface area contributed by atoms with E-state index in [1.807, 2.05) is 17.0 Å². The largest absolute Gasteiger partial charge is 0.338 e. The van der Waals surface area contributed by atoms with Crippen molar-refractivity contribution >= 4 is 28.6 Å². The molecule has 19 heavy (non-hydrogen) atoms. The van der Waals surface area contributed by atoms with Gasteiger partial charge in [-0.15, -0.1) is 22.7 Å². The van der Waals surface area contributed by atoms with Crippen LogP contribution in [0.3, 0.4) is 0 Å². The minimum atomic E-state index is 0.208. The summed E-state index contributed by atoms with van der Waals surface area (Å²) in [5, 5.41) is 4.16. The van der Waals surface area contributed by atoms with Crippen LogP contribution in [0, 0.1) is 5.92 Å². The number of likely N-dealkylation sites (tertiary alicyclic amines) is 1. The third-order valence-corrected chi connectivity index (χ3v) is 5.40. The average molecular weight is 291 g/mol. The van der Waals surface area contributed by atoms with Crippen LogP contribution in [0.25, 0.3) is 10.4 Å². The Morgan fingerprint density at radius 2 is 2.32 bits per heavy atom. The topological polar surface area (TPSA) is 20.3 Å². The first-order valence-electron chi connectivity index (χ1n) is 6.66. The highest BCUT2D eigenvalue weighted by Gasteiger charge is 2.23. The van der Waals surface area contributed by atoms with Crippen molar-refractivity contribution in [2.75, 3.05) is 13.1 Å². The fourth-order valence-corrected chi connectivity index (χ4v) is 4.21. The summed E-state index contributed by atoms with van der Waals surface area (Å²) in [7, 11) is 0. The Labute approximate surface area is 121 Å². The maximum absolute atomic E-state index is 12.5. The highest BCUT2D eigenvalue weighted by atomic mass is 32.1. The van der Waals surface area contributed by atoms with E-state index in [-0.39, 0.29) is 5.91 Å². The quantitative estimate of drug-likeness (QED) is 0.805. The lowest BCUT2D eigenvalue weighted by atomic mass is 10.0. The average Bonchev–Trinajstić information content (AvgIpc) is 3.08. The molecule has 100 valence electrons. The molecule has 1 aliphatic heterocycles. The molecule has 2 nitrogen and oxygen atoms in total. The smallest absolute Gasteiger partial charge is 0.263 e. The molecule has 0 unspecified atom stereocenters. The van der Waals surface area contributed by atoms with Crippen molar-refractivity contribution in [1.29, 1.82) is 0 Å². The van der Waals surface area contributed by atoms with E-state index in [1.165, 1.54) is 16.9 Å². The summed E-state index contributed by atoms with van der Waals surface area (Å²) in [6.07, 6.45) is 2.38. The molecule has 0 saturated carbocycles. The van der Waals surface area contributed by atoms with E-state index in [9.17, 15) is 4.79 Å². The molecule has 0 bridgehead atoms. The molecular weight excluding hydrogens is 274 g/mol. The summed E-state index contributed by atoms with van der Waals surface area (Å²) < 4.78 is 0. The Morgan fingerprint density at radius 3 is 3.05 bits per heavy atom. The van der Waals surface area contributed by atoms with Gasteiger partial charge in [0.15, 0.2) is 0 Å². The molecule has 1 saturated heterocycles. The number of amides is 1. The van der Waals surface area contributed by atoms with Crippen molar-refractivity contribution in [2.24, 2.45) is 5.92 Å². The summed E-state index contributed by atoms with van der Waals surface area (Å²) in [4.78, 5) is 16.6. The second kappa shape index (κ2) is 5.47. The Kier molecular flexibility index (Phi) is 3.71. The van der Waals surface area contributed by atoms with Gasteiger partial charge in [-0.1, -0.05) is 13.0 Å². The van der Waals surface area contributed by atoms with Crippen molar-refractivity contribution in [3.05, 3.63) is 33.8 Å². The third kappa shape index (κ3) is 2.74. The predicted molar refractivity (Wildman–Crippen MR) is 81.9 cm³/mol. The minimum absolute atomic E-state index is 0.208. The van der Waals surface area contributed by atoms with Gasteiger partial charge >= 0.3 is 0 Å². The van der Waals surface area contributed by atoms with E-state index in [4.69, 9.17) is 0 Å². The van der Waals surface area contributed by atoms with E-state index in [1.54, 1.807) is 22.7 Å². The molecule has 0 radical (unpaired) electrons. The van der Waals surface area contributed by atoms with E-state index in [0.717, 1.165) is 24.4 Å². The van der Waals surface area contributed by atoms with Crippen LogP contribution < -0.4 is 0 Å². The van der Waals surface area contributed by atoms with Crippen LogP contribution in [-0.4, -0.2) is 23.9 Å². The van der Waals surface area contributed by atoms with Crippen molar-refractivity contribution in [2.45, 2.75) is 19.8 Å². The van der Waals surface area contributed by atoms with E-state index in [2.05, 4.69) is 23.8 Å². The van der Waals surface area contributed by atoms with Crippen molar-refractivity contribution in [1.82, 2.24) is 4.90 Å². The van der Waals surface area contributed by atoms with Crippen molar-refractivity contribution < 1.29 is 4.79 Å². The van der Waals surface area contributed by atoms with Gasteiger partial charge in [0.05, 0.1) is 4.88 Å². The predicted octanol–water partition coefficient (Wildman–Crippen LogP) is 4.35. The number of carbonyl (C=O) groups is 1. The zero-order valence-corrected chi connectivity index (χ0v) is 12.6. The summed E-state index contributed by atoms with van der Waals surface area (Å²) in [6, 6.07) is 6.19. The van der Waals surface area contributed by atoms with Crippen LogP contribution in [0.1, 0.15) is 29.4 Å². The van der Waals surface area contributed by atoms with Gasteiger partial charge in [0, 0.05) is 28.9 Å². The Bertz CT molecular complexity index is 558. The van der Waals surface area contributed by atoms with Gasteiger partial charge in [0.25, 0.3) is 5.91 Å². The lowest BCUT2D eigenvalue weighted by molar-refractivity contribution is 0.0688. The van der Waals surface area contributed by atoms with Gasteiger partial charge in [0.1, 0.15) is 0 Å². The molecular formula is C15H17NOS2. The van der Waals surface area contributed by atoms with Crippen LogP contribution >= 0.6 is 22.7 Å². The summed E-state index contributed by atoms with van der Waals surface area (Å²) in [5.41, 5.74) is 1.17. The second-order valence-electron chi connectivity index (χ2n) is 5.18. The third-order valence-electron chi connectivity index (χ3n) is 3.56. The molecule has 1 fully saturated rings. The fraction of sp³-hybridized carbons (Fsp3) is 0.400. The number of hydrogen-bond acceptors (Lipinski definition) is 3. The van der Waals surface area contributed by atoms with Gasteiger partial charge in [0.2, 0.25) is 0 Å². The van der Waals surface area contributed by atoms with Crippen LogP contribution in [0.15, 0.2) is 29.0 Å². The first-order valence-corrected chi connectivity index (χ1v) is 8.41.